The van der Waals surface area contributed by atoms with Gasteiger partial charge in [0.25, 0.3) is 0 Å². The van der Waals surface area contributed by atoms with Crippen molar-refractivity contribution in [2.75, 3.05) is 10.2 Å². The van der Waals surface area contributed by atoms with Crippen LogP contribution < -0.4 is 10.2 Å². The Morgan fingerprint density at radius 1 is 0.365 bits per heavy atom. The van der Waals surface area contributed by atoms with E-state index in [2.05, 4.69) is 260 Å². The van der Waals surface area contributed by atoms with Gasteiger partial charge in [-0.3, -0.25) is 0 Å². The molecule has 0 saturated carbocycles. The molecule has 0 aliphatic heterocycles. The molecule has 1 atom stereocenters. The summed E-state index contributed by atoms with van der Waals surface area (Å²) < 4.78 is 0. The molecule has 1 unspecified atom stereocenters. The van der Waals surface area contributed by atoms with E-state index in [0.717, 1.165) is 34.9 Å². The molecule has 2 heteroatoms. The van der Waals surface area contributed by atoms with Gasteiger partial charge in [-0.15, -0.1) is 0 Å². The fourth-order valence-corrected chi connectivity index (χ4v) is 8.67. The first kappa shape index (κ1) is 39.2. The molecule has 9 aromatic rings. The fraction of sp³-hybridized carbons (Fsp3) is 0.0492. The summed E-state index contributed by atoms with van der Waals surface area (Å²) in [7, 11) is 0. The van der Waals surface area contributed by atoms with E-state index in [9.17, 15) is 0 Å². The van der Waals surface area contributed by atoms with Crippen LogP contribution in [0.1, 0.15) is 18.9 Å². The molecule has 9 aromatic carbocycles. The van der Waals surface area contributed by atoms with Crippen molar-refractivity contribution in [2.24, 2.45) is 5.92 Å². The predicted octanol–water partition coefficient (Wildman–Crippen LogP) is 17.2. The first-order valence-corrected chi connectivity index (χ1v) is 21.9. The molecule has 302 valence electrons. The molecule has 2 nitrogen and oxygen atoms in total. The average Bonchev–Trinajstić information content (AvgIpc) is 3.36. The second-order valence-corrected chi connectivity index (χ2v) is 16.4. The van der Waals surface area contributed by atoms with Crippen molar-refractivity contribution in [1.29, 1.82) is 0 Å². The molecule has 0 aromatic heterocycles. The van der Waals surface area contributed by atoms with E-state index < -0.39 is 0 Å². The van der Waals surface area contributed by atoms with Gasteiger partial charge < -0.3 is 10.2 Å². The van der Waals surface area contributed by atoms with Crippen LogP contribution in [-0.2, 0) is 0 Å². The first-order chi connectivity index (χ1) is 31.1. The van der Waals surface area contributed by atoms with E-state index >= 15 is 0 Å². The summed E-state index contributed by atoms with van der Waals surface area (Å²) >= 11 is 0. The minimum atomic E-state index is 0.546. The summed E-state index contributed by atoms with van der Waals surface area (Å²) in [4.78, 5) is 2.37. The Labute approximate surface area is 371 Å². The lowest BCUT2D eigenvalue weighted by Crippen LogP contribution is -2.10. The quantitative estimate of drug-likeness (QED) is 0.140. The van der Waals surface area contributed by atoms with E-state index in [1.165, 1.54) is 66.8 Å². The monoisotopic (exact) mass is 808 g/mol. The lowest BCUT2D eigenvalue weighted by atomic mass is 9.91. The maximum Gasteiger partial charge on any atom is 0.0468 e. The first-order valence-electron chi connectivity index (χ1n) is 21.9. The van der Waals surface area contributed by atoms with Gasteiger partial charge >= 0.3 is 0 Å². The molecule has 10 rings (SSSR count). The van der Waals surface area contributed by atoms with Gasteiger partial charge in [0, 0.05) is 28.4 Å². The molecule has 0 saturated heterocycles. The molecule has 63 heavy (non-hydrogen) atoms. The third kappa shape index (κ3) is 8.80. The van der Waals surface area contributed by atoms with Crippen LogP contribution in [0.5, 0.6) is 0 Å². The standard InChI is InChI=1S/C61H48N2/c1-44-12-11-17-54(42-44)51-32-38-58(39-33-51)63(57-18-9-4-10-19-57)59-40-41-60(61(43-59)53-26-22-47(23-27-53)45-13-5-2-6-14-45)52-24-20-48(21-25-52)50-30-36-56(37-31-50)62-55-34-28-49(29-35-55)46-15-7-3-8-16-46/h2-41,43-44,62H,42H2,1H3. The smallest absolute Gasteiger partial charge is 0.0468 e. The van der Waals surface area contributed by atoms with E-state index in [-0.39, 0.29) is 0 Å². The van der Waals surface area contributed by atoms with Crippen molar-refractivity contribution in [3.05, 3.63) is 254 Å². The highest BCUT2D eigenvalue weighted by molar-refractivity contribution is 5.90. The number of rotatable bonds is 11. The number of benzene rings is 9. The van der Waals surface area contributed by atoms with Crippen molar-refractivity contribution in [3.63, 3.8) is 0 Å². The SMILES string of the molecule is CC1C=CC=C(c2ccc(N(c3ccccc3)c3ccc(-c4ccc(-c5ccc(Nc6ccc(-c7ccccc7)cc6)cc5)cc4)c(-c4ccc(-c5ccccc5)cc4)c3)cc2)C1. The Morgan fingerprint density at radius 2 is 0.762 bits per heavy atom. The van der Waals surface area contributed by atoms with Crippen LogP contribution in [0.2, 0.25) is 0 Å². The number of anilines is 5. The van der Waals surface area contributed by atoms with Gasteiger partial charge in [-0.2, -0.15) is 0 Å². The van der Waals surface area contributed by atoms with Crippen molar-refractivity contribution in [3.8, 4) is 55.6 Å². The van der Waals surface area contributed by atoms with Crippen LogP contribution in [0.25, 0.3) is 61.2 Å². The van der Waals surface area contributed by atoms with E-state index in [1.807, 2.05) is 6.07 Å². The van der Waals surface area contributed by atoms with E-state index in [0.29, 0.717) is 5.92 Å². The van der Waals surface area contributed by atoms with Gasteiger partial charge in [0.1, 0.15) is 0 Å². The Hall–Kier alpha value is -7.94. The summed E-state index contributed by atoms with van der Waals surface area (Å²) in [6.45, 7) is 2.28. The Balaban J connectivity index is 0.964. The average molecular weight is 809 g/mol. The molecular formula is C61H48N2. The Bertz CT molecular complexity index is 2990. The molecule has 0 bridgehead atoms. The zero-order chi connectivity index (χ0) is 42.4. The summed E-state index contributed by atoms with van der Waals surface area (Å²) in [5.74, 6) is 0.546. The minimum absolute atomic E-state index is 0.546. The number of nitrogens with zero attached hydrogens (tertiary/aromatic N) is 1. The Kier molecular flexibility index (Phi) is 11.2. The highest BCUT2D eigenvalue weighted by Crippen LogP contribution is 2.42. The lowest BCUT2D eigenvalue weighted by molar-refractivity contribution is 0.749. The van der Waals surface area contributed by atoms with Crippen LogP contribution in [0.4, 0.5) is 28.4 Å². The number of nitrogens with one attached hydrogen (secondary N) is 1. The van der Waals surface area contributed by atoms with Gasteiger partial charge in [-0.25, -0.2) is 0 Å². The normalized spacial score (nSPS) is 13.3. The predicted molar refractivity (Wildman–Crippen MR) is 269 cm³/mol. The zero-order valence-corrected chi connectivity index (χ0v) is 35.4. The minimum Gasteiger partial charge on any atom is -0.356 e. The maximum atomic E-state index is 3.57. The zero-order valence-electron chi connectivity index (χ0n) is 35.4. The van der Waals surface area contributed by atoms with E-state index in [1.54, 1.807) is 0 Å². The molecule has 0 fully saturated rings. The molecule has 0 radical (unpaired) electrons. The molecule has 1 N–H and O–H groups in total. The third-order valence-corrected chi connectivity index (χ3v) is 12.0. The van der Waals surface area contributed by atoms with Crippen LogP contribution in [0.15, 0.2) is 249 Å². The largest absolute Gasteiger partial charge is 0.356 e. The summed E-state index contributed by atoms with van der Waals surface area (Å²) in [6, 6.07) is 83.1. The van der Waals surface area contributed by atoms with E-state index in [4.69, 9.17) is 0 Å². The topological polar surface area (TPSA) is 15.3 Å². The van der Waals surface area contributed by atoms with Crippen LogP contribution in [0, 0.1) is 5.92 Å². The molecular weight excluding hydrogens is 761 g/mol. The van der Waals surface area contributed by atoms with Gasteiger partial charge in [0.2, 0.25) is 0 Å². The number of allylic oxidation sites excluding steroid dienone is 4. The number of para-hydroxylation sites is 1. The molecule has 1 aliphatic rings. The van der Waals surface area contributed by atoms with Gasteiger partial charge in [0.05, 0.1) is 0 Å². The van der Waals surface area contributed by atoms with Gasteiger partial charge in [-0.05, 0) is 140 Å². The highest BCUT2D eigenvalue weighted by Gasteiger charge is 2.18. The molecule has 0 amide bonds. The Morgan fingerprint density at radius 3 is 1.27 bits per heavy atom. The second-order valence-electron chi connectivity index (χ2n) is 16.4. The van der Waals surface area contributed by atoms with Crippen molar-refractivity contribution in [2.45, 2.75) is 13.3 Å². The molecule has 1 aliphatic carbocycles. The second kappa shape index (κ2) is 18.0. The fourth-order valence-electron chi connectivity index (χ4n) is 8.67. The number of hydrogen-bond acceptors (Lipinski definition) is 2. The summed E-state index contributed by atoms with van der Waals surface area (Å²) in [5, 5.41) is 3.57. The maximum absolute atomic E-state index is 3.57. The van der Waals surface area contributed by atoms with Crippen LogP contribution in [-0.4, -0.2) is 0 Å². The van der Waals surface area contributed by atoms with Crippen molar-refractivity contribution < 1.29 is 0 Å². The highest BCUT2D eigenvalue weighted by atomic mass is 15.1. The van der Waals surface area contributed by atoms with Gasteiger partial charge in [-0.1, -0.05) is 195 Å². The summed E-state index contributed by atoms with van der Waals surface area (Å²) in [5.41, 5.74) is 20.0. The van der Waals surface area contributed by atoms with Crippen LogP contribution in [0.3, 0.4) is 0 Å². The van der Waals surface area contributed by atoms with Gasteiger partial charge in [0.15, 0.2) is 0 Å². The molecule has 0 spiro atoms. The number of hydrogen-bond donors (Lipinski definition) is 1. The molecule has 0 heterocycles. The van der Waals surface area contributed by atoms with Crippen molar-refractivity contribution in [1.82, 2.24) is 0 Å². The third-order valence-electron chi connectivity index (χ3n) is 12.0. The lowest BCUT2D eigenvalue weighted by Gasteiger charge is -2.27. The van der Waals surface area contributed by atoms with Crippen molar-refractivity contribution >= 4 is 34.0 Å². The summed E-state index contributed by atoms with van der Waals surface area (Å²) in [6.07, 6.45) is 7.79. The van der Waals surface area contributed by atoms with Crippen LogP contribution >= 0.6 is 0 Å².